The van der Waals surface area contributed by atoms with Crippen molar-refractivity contribution < 1.29 is 0 Å². The molecule has 0 heteroatoms. The van der Waals surface area contributed by atoms with Gasteiger partial charge in [-0.05, 0) is 57.5 Å². The molecule has 0 N–H and O–H groups in total. The highest BCUT2D eigenvalue weighted by Gasteiger charge is 2.15. The van der Waals surface area contributed by atoms with Crippen molar-refractivity contribution in [3.63, 3.8) is 0 Å². The Labute approximate surface area is 133 Å². The largest absolute Gasteiger partial charge is 0.0913 e. The molecule has 0 nitrogen and oxygen atoms in total. The highest BCUT2D eigenvalue weighted by molar-refractivity contribution is 6.02. The summed E-state index contributed by atoms with van der Waals surface area (Å²) in [5.41, 5.74) is 3.02. The molecule has 0 aromatic heterocycles. The summed E-state index contributed by atoms with van der Waals surface area (Å²) in [6, 6.07) is 18.0. The zero-order valence-electron chi connectivity index (χ0n) is 14.0. The molecule has 3 aromatic rings. The van der Waals surface area contributed by atoms with Gasteiger partial charge in [-0.2, -0.15) is 0 Å². The van der Waals surface area contributed by atoms with E-state index < -0.39 is 0 Å². The predicted octanol–water partition coefficient (Wildman–Crippen LogP) is 6.41. The quantitative estimate of drug-likeness (QED) is 0.377. The fourth-order valence-electron chi connectivity index (χ4n) is 3.09. The lowest BCUT2D eigenvalue weighted by Gasteiger charge is -2.20. The molecule has 3 aromatic carbocycles. The predicted molar refractivity (Wildman–Crippen MR) is 98.7 cm³/mol. The Kier molecular flexibility index (Phi) is 3.78. The standard InChI is InChI=1S/C22H24/c1-5-6-10-21-19-11-8-7-9-16(19)14-17-15-18(22(2,3)4)12-13-20(17)21/h5-9,11-15H,10H2,1-4H3. The summed E-state index contributed by atoms with van der Waals surface area (Å²) in [4.78, 5) is 0. The fourth-order valence-corrected chi connectivity index (χ4v) is 3.09. The van der Waals surface area contributed by atoms with Gasteiger partial charge in [0.25, 0.3) is 0 Å². The molecule has 0 radical (unpaired) electrons. The number of rotatable bonds is 2. The molecular formula is C22H24. The van der Waals surface area contributed by atoms with Gasteiger partial charge in [0.2, 0.25) is 0 Å². The Morgan fingerprint density at radius 3 is 2.32 bits per heavy atom. The van der Waals surface area contributed by atoms with Gasteiger partial charge in [0.1, 0.15) is 0 Å². The maximum absolute atomic E-state index is 2.36. The van der Waals surface area contributed by atoms with Gasteiger partial charge >= 0.3 is 0 Å². The van der Waals surface area contributed by atoms with Crippen molar-refractivity contribution in [2.75, 3.05) is 0 Å². The van der Waals surface area contributed by atoms with Crippen LogP contribution in [0.1, 0.15) is 38.8 Å². The van der Waals surface area contributed by atoms with Crippen LogP contribution in [-0.2, 0) is 11.8 Å². The normalized spacial score (nSPS) is 12.5. The molecule has 0 spiro atoms. The summed E-state index contributed by atoms with van der Waals surface area (Å²) in [5, 5.41) is 5.44. The van der Waals surface area contributed by atoms with E-state index >= 15 is 0 Å². The van der Waals surface area contributed by atoms with Gasteiger partial charge in [-0.15, -0.1) is 0 Å². The Hall–Kier alpha value is -2.08. The van der Waals surface area contributed by atoms with Gasteiger partial charge < -0.3 is 0 Å². The number of hydrogen-bond donors (Lipinski definition) is 0. The second-order valence-electron chi connectivity index (χ2n) is 7.04. The van der Waals surface area contributed by atoms with E-state index in [0.29, 0.717) is 0 Å². The van der Waals surface area contributed by atoms with Crippen molar-refractivity contribution in [2.24, 2.45) is 0 Å². The maximum Gasteiger partial charge on any atom is -0.00852 e. The lowest BCUT2D eigenvalue weighted by molar-refractivity contribution is 0.591. The van der Waals surface area contributed by atoms with Crippen molar-refractivity contribution in [2.45, 2.75) is 39.5 Å². The number of benzene rings is 3. The monoisotopic (exact) mass is 288 g/mol. The van der Waals surface area contributed by atoms with E-state index in [4.69, 9.17) is 0 Å². The zero-order valence-corrected chi connectivity index (χ0v) is 14.0. The van der Waals surface area contributed by atoms with Crippen LogP contribution in [0.25, 0.3) is 21.5 Å². The van der Waals surface area contributed by atoms with Crippen LogP contribution in [0.2, 0.25) is 0 Å². The maximum atomic E-state index is 2.36. The minimum Gasteiger partial charge on any atom is -0.0913 e. The van der Waals surface area contributed by atoms with Crippen LogP contribution < -0.4 is 0 Å². The number of allylic oxidation sites excluding steroid dienone is 2. The Morgan fingerprint density at radius 1 is 0.864 bits per heavy atom. The van der Waals surface area contributed by atoms with E-state index in [1.165, 1.54) is 32.7 Å². The average Bonchev–Trinajstić information content (AvgIpc) is 2.50. The lowest BCUT2D eigenvalue weighted by atomic mass is 9.84. The molecule has 0 bridgehead atoms. The van der Waals surface area contributed by atoms with Crippen molar-refractivity contribution in [3.05, 3.63) is 71.8 Å². The lowest BCUT2D eigenvalue weighted by Crippen LogP contribution is -2.10. The summed E-state index contributed by atoms with van der Waals surface area (Å²) in [6.07, 6.45) is 5.37. The van der Waals surface area contributed by atoms with Crippen LogP contribution in [0.15, 0.2) is 60.7 Å². The van der Waals surface area contributed by atoms with E-state index in [1.807, 2.05) is 0 Å². The molecular weight excluding hydrogens is 264 g/mol. The first-order valence-corrected chi connectivity index (χ1v) is 8.07. The highest BCUT2D eigenvalue weighted by Crippen LogP contribution is 2.32. The summed E-state index contributed by atoms with van der Waals surface area (Å²) in [6.45, 7) is 8.91. The minimum atomic E-state index is 0.184. The van der Waals surface area contributed by atoms with Crippen LogP contribution >= 0.6 is 0 Å². The zero-order chi connectivity index (χ0) is 15.7. The summed E-state index contributed by atoms with van der Waals surface area (Å²) < 4.78 is 0. The first kappa shape index (κ1) is 14.8. The second-order valence-corrected chi connectivity index (χ2v) is 7.04. The third kappa shape index (κ3) is 2.66. The van der Waals surface area contributed by atoms with E-state index in [1.54, 1.807) is 0 Å². The first-order chi connectivity index (χ1) is 10.5. The third-order valence-corrected chi connectivity index (χ3v) is 4.40. The molecule has 3 rings (SSSR count). The topological polar surface area (TPSA) is 0 Å². The van der Waals surface area contributed by atoms with Crippen molar-refractivity contribution in [3.8, 4) is 0 Å². The van der Waals surface area contributed by atoms with Crippen LogP contribution in [0.5, 0.6) is 0 Å². The molecule has 0 unspecified atom stereocenters. The summed E-state index contributed by atoms with van der Waals surface area (Å²) in [7, 11) is 0. The molecule has 0 saturated carbocycles. The smallest absolute Gasteiger partial charge is 0.00852 e. The Morgan fingerprint density at radius 2 is 1.59 bits per heavy atom. The van der Waals surface area contributed by atoms with Crippen LogP contribution in [0.4, 0.5) is 0 Å². The van der Waals surface area contributed by atoms with Crippen molar-refractivity contribution in [1.29, 1.82) is 0 Å². The van der Waals surface area contributed by atoms with Gasteiger partial charge in [0.15, 0.2) is 0 Å². The Balaban J connectivity index is 2.34. The van der Waals surface area contributed by atoms with Crippen LogP contribution in [0.3, 0.4) is 0 Å². The van der Waals surface area contributed by atoms with E-state index in [2.05, 4.69) is 88.4 Å². The van der Waals surface area contributed by atoms with Crippen molar-refractivity contribution >= 4 is 21.5 Å². The second kappa shape index (κ2) is 5.61. The summed E-state index contributed by atoms with van der Waals surface area (Å²) >= 11 is 0. The fraction of sp³-hybridized carbons (Fsp3) is 0.273. The third-order valence-electron chi connectivity index (χ3n) is 4.40. The minimum absolute atomic E-state index is 0.184. The molecule has 0 heterocycles. The Bertz CT molecular complexity index is 845. The molecule has 0 atom stereocenters. The molecule has 0 aliphatic rings. The molecule has 112 valence electrons. The van der Waals surface area contributed by atoms with Gasteiger partial charge in [-0.25, -0.2) is 0 Å². The van der Waals surface area contributed by atoms with Gasteiger partial charge in [0.05, 0.1) is 0 Å². The average molecular weight is 288 g/mol. The summed E-state index contributed by atoms with van der Waals surface area (Å²) in [5.74, 6) is 0. The van der Waals surface area contributed by atoms with Crippen LogP contribution in [0, 0.1) is 0 Å². The van der Waals surface area contributed by atoms with Gasteiger partial charge in [-0.1, -0.05) is 75.4 Å². The van der Waals surface area contributed by atoms with E-state index in [9.17, 15) is 0 Å². The van der Waals surface area contributed by atoms with E-state index in [0.717, 1.165) is 6.42 Å². The number of hydrogen-bond acceptors (Lipinski definition) is 0. The number of fused-ring (bicyclic) bond motifs is 2. The van der Waals surface area contributed by atoms with Crippen molar-refractivity contribution in [1.82, 2.24) is 0 Å². The molecule has 0 saturated heterocycles. The van der Waals surface area contributed by atoms with Gasteiger partial charge in [-0.3, -0.25) is 0 Å². The first-order valence-electron chi connectivity index (χ1n) is 8.07. The molecule has 0 fully saturated rings. The van der Waals surface area contributed by atoms with Gasteiger partial charge in [0, 0.05) is 0 Å². The molecule has 0 aliphatic heterocycles. The highest BCUT2D eigenvalue weighted by atomic mass is 14.2. The molecule has 22 heavy (non-hydrogen) atoms. The van der Waals surface area contributed by atoms with E-state index in [-0.39, 0.29) is 5.41 Å². The molecule has 0 aliphatic carbocycles. The molecule has 0 amide bonds. The van der Waals surface area contributed by atoms with Crippen LogP contribution in [-0.4, -0.2) is 0 Å². The SMILES string of the molecule is CC=CCc1c2ccccc2cc2cc(C(C)(C)C)ccc12.